The Kier molecular flexibility index (Phi) is 2.77. The molecular weight excluding hydrogens is 230 g/mol. The quantitative estimate of drug-likeness (QED) is 0.841. The number of fused-ring (bicyclic) bond motifs is 1. The van der Waals surface area contributed by atoms with Crippen molar-refractivity contribution in [3.05, 3.63) is 16.7 Å². The van der Waals surface area contributed by atoms with Gasteiger partial charge in [0.15, 0.2) is 11.2 Å². The molecule has 3 rings (SSSR count). The van der Waals surface area contributed by atoms with Crippen LogP contribution < -0.4 is 10.5 Å². The van der Waals surface area contributed by atoms with Crippen LogP contribution in [0.2, 0.25) is 0 Å². The van der Waals surface area contributed by atoms with Gasteiger partial charge in [-0.15, -0.1) is 0 Å². The van der Waals surface area contributed by atoms with E-state index in [4.69, 9.17) is 0 Å². The molecule has 2 N–H and O–H groups in total. The number of aromatic nitrogens is 4. The fourth-order valence-electron chi connectivity index (χ4n) is 2.64. The lowest BCUT2D eigenvalue weighted by Crippen LogP contribution is -2.35. The van der Waals surface area contributed by atoms with Gasteiger partial charge in [0.1, 0.15) is 0 Å². The van der Waals surface area contributed by atoms with E-state index < -0.39 is 0 Å². The van der Waals surface area contributed by atoms with Crippen molar-refractivity contribution in [3.8, 4) is 0 Å². The first-order valence-electron chi connectivity index (χ1n) is 6.42. The van der Waals surface area contributed by atoms with Crippen molar-refractivity contribution >= 4 is 17.1 Å². The number of nitrogens with one attached hydrogen (secondary N) is 2. The van der Waals surface area contributed by atoms with Crippen molar-refractivity contribution in [2.45, 2.75) is 38.1 Å². The molecule has 1 aliphatic rings. The molecule has 0 radical (unpaired) electrons. The minimum atomic E-state index is -0.157. The third-order valence-electron chi connectivity index (χ3n) is 3.74. The van der Waals surface area contributed by atoms with Gasteiger partial charge in [0.05, 0.1) is 6.33 Å². The van der Waals surface area contributed by atoms with Crippen LogP contribution >= 0.6 is 0 Å². The predicted molar refractivity (Wildman–Crippen MR) is 69.8 cm³/mol. The highest BCUT2D eigenvalue weighted by Gasteiger charge is 2.20. The van der Waals surface area contributed by atoms with Crippen LogP contribution in [0.25, 0.3) is 11.2 Å². The molecule has 1 fully saturated rings. The summed E-state index contributed by atoms with van der Waals surface area (Å²) in [5.74, 6) is 0.617. The van der Waals surface area contributed by atoms with Crippen LogP contribution in [0.5, 0.6) is 0 Å². The molecule has 2 aromatic rings. The van der Waals surface area contributed by atoms with E-state index >= 15 is 0 Å². The second-order valence-corrected chi connectivity index (χ2v) is 4.89. The first-order valence-corrected chi connectivity index (χ1v) is 6.42. The van der Waals surface area contributed by atoms with E-state index in [0.717, 1.165) is 0 Å². The lowest BCUT2D eigenvalue weighted by atomic mass is 9.95. The molecule has 0 unspecified atom stereocenters. The van der Waals surface area contributed by atoms with E-state index in [-0.39, 0.29) is 5.56 Å². The van der Waals surface area contributed by atoms with Crippen LogP contribution in [0.1, 0.15) is 32.1 Å². The highest BCUT2D eigenvalue weighted by molar-refractivity contribution is 5.69. The van der Waals surface area contributed by atoms with E-state index in [1.165, 1.54) is 38.4 Å². The Morgan fingerprint density at radius 3 is 2.89 bits per heavy atom. The highest BCUT2D eigenvalue weighted by atomic mass is 16.1. The summed E-state index contributed by atoms with van der Waals surface area (Å²) in [5.41, 5.74) is 0.766. The fraction of sp³-hybridized carbons (Fsp3) is 0.583. The lowest BCUT2D eigenvalue weighted by Gasteiger charge is -2.31. The molecule has 0 aromatic carbocycles. The number of imidazole rings is 1. The molecule has 2 aromatic heterocycles. The second kappa shape index (κ2) is 4.44. The Bertz CT molecular complexity index is 596. The molecule has 1 saturated carbocycles. The first kappa shape index (κ1) is 11.3. The van der Waals surface area contributed by atoms with Gasteiger partial charge >= 0.3 is 0 Å². The Balaban J connectivity index is 1.95. The largest absolute Gasteiger partial charge is 0.342 e. The normalized spacial score (nSPS) is 17.2. The number of hydrogen-bond donors (Lipinski definition) is 2. The Labute approximate surface area is 104 Å². The van der Waals surface area contributed by atoms with Gasteiger partial charge < -0.3 is 9.88 Å². The molecule has 1 aliphatic carbocycles. The van der Waals surface area contributed by atoms with Gasteiger partial charge in [0.2, 0.25) is 5.95 Å². The van der Waals surface area contributed by atoms with Gasteiger partial charge in [0, 0.05) is 13.1 Å². The number of rotatable bonds is 2. The third-order valence-corrected chi connectivity index (χ3v) is 3.74. The van der Waals surface area contributed by atoms with Gasteiger partial charge in [-0.2, -0.15) is 4.98 Å². The first-order chi connectivity index (χ1) is 8.75. The lowest BCUT2D eigenvalue weighted by molar-refractivity contribution is 0.424. The van der Waals surface area contributed by atoms with Crippen molar-refractivity contribution < 1.29 is 0 Å². The summed E-state index contributed by atoms with van der Waals surface area (Å²) in [4.78, 5) is 28.0. The number of aromatic amines is 2. The van der Waals surface area contributed by atoms with Crippen molar-refractivity contribution in [1.82, 2.24) is 19.9 Å². The molecule has 96 valence electrons. The molecule has 6 nitrogen and oxygen atoms in total. The van der Waals surface area contributed by atoms with Crippen LogP contribution in [0, 0.1) is 0 Å². The van der Waals surface area contributed by atoms with Gasteiger partial charge in [-0.3, -0.25) is 9.78 Å². The number of anilines is 1. The van der Waals surface area contributed by atoms with Crippen LogP contribution in [0.15, 0.2) is 11.1 Å². The van der Waals surface area contributed by atoms with Crippen LogP contribution in [0.3, 0.4) is 0 Å². The Morgan fingerprint density at radius 2 is 2.11 bits per heavy atom. The molecular formula is C12H17N5O. The molecule has 0 aliphatic heterocycles. The van der Waals surface area contributed by atoms with Crippen molar-refractivity contribution in [3.63, 3.8) is 0 Å². The second-order valence-electron chi connectivity index (χ2n) is 4.89. The summed E-state index contributed by atoms with van der Waals surface area (Å²) < 4.78 is 0. The van der Waals surface area contributed by atoms with Crippen molar-refractivity contribution in [2.75, 3.05) is 11.9 Å². The molecule has 0 amide bonds. The summed E-state index contributed by atoms with van der Waals surface area (Å²) in [5, 5.41) is 0. The SMILES string of the molecule is CN(c1nc2nc[nH]c2c(=O)[nH]1)C1CCCCC1. The maximum absolute atomic E-state index is 11.9. The molecule has 6 heteroatoms. The topological polar surface area (TPSA) is 77.7 Å². The average Bonchev–Trinajstić information content (AvgIpc) is 2.88. The van der Waals surface area contributed by atoms with E-state index in [0.29, 0.717) is 23.2 Å². The molecule has 0 saturated heterocycles. The van der Waals surface area contributed by atoms with Gasteiger partial charge in [-0.1, -0.05) is 19.3 Å². The predicted octanol–water partition coefficient (Wildman–Crippen LogP) is 1.42. The smallest absolute Gasteiger partial charge is 0.278 e. The summed E-state index contributed by atoms with van der Waals surface area (Å²) in [6.45, 7) is 0. The van der Waals surface area contributed by atoms with Crippen molar-refractivity contribution in [2.24, 2.45) is 0 Å². The van der Waals surface area contributed by atoms with Gasteiger partial charge in [-0.25, -0.2) is 4.98 Å². The molecule has 0 atom stereocenters. The summed E-state index contributed by atoms with van der Waals surface area (Å²) in [7, 11) is 1.99. The third kappa shape index (κ3) is 1.87. The van der Waals surface area contributed by atoms with E-state index in [1.807, 2.05) is 7.05 Å². The van der Waals surface area contributed by atoms with Crippen LogP contribution in [-0.2, 0) is 0 Å². The Morgan fingerprint density at radius 1 is 1.33 bits per heavy atom. The fourth-order valence-corrected chi connectivity index (χ4v) is 2.64. The summed E-state index contributed by atoms with van der Waals surface area (Å²) >= 11 is 0. The molecule has 2 heterocycles. The standard InChI is InChI=1S/C12H17N5O/c1-17(8-5-3-2-4-6-8)12-15-10-9(11(18)16-12)13-7-14-10/h7-8H,2-6H2,1H3,(H2,13,14,15,16,18). The minimum Gasteiger partial charge on any atom is -0.342 e. The van der Waals surface area contributed by atoms with Crippen molar-refractivity contribution in [1.29, 1.82) is 0 Å². The van der Waals surface area contributed by atoms with E-state index in [9.17, 15) is 4.79 Å². The summed E-state index contributed by atoms with van der Waals surface area (Å²) in [6, 6.07) is 0.471. The zero-order valence-corrected chi connectivity index (χ0v) is 10.4. The molecule has 0 bridgehead atoms. The highest BCUT2D eigenvalue weighted by Crippen LogP contribution is 2.23. The van der Waals surface area contributed by atoms with Gasteiger partial charge in [0.25, 0.3) is 5.56 Å². The molecule has 0 spiro atoms. The van der Waals surface area contributed by atoms with Crippen LogP contribution in [0.4, 0.5) is 5.95 Å². The minimum absolute atomic E-state index is 0.157. The number of nitrogens with zero attached hydrogens (tertiary/aromatic N) is 3. The zero-order chi connectivity index (χ0) is 12.5. The van der Waals surface area contributed by atoms with E-state index in [1.54, 1.807) is 0 Å². The average molecular weight is 247 g/mol. The molecule has 18 heavy (non-hydrogen) atoms. The maximum Gasteiger partial charge on any atom is 0.278 e. The summed E-state index contributed by atoms with van der Waals surface area (Å²) in [6.07, 6.45) is 7.65. The van der Waals surface area contributed by atoms with Gasteiger partial charge in [-0.05, 0) is 12.8 Å². The maximum atomic E-state index is 11.9. The Hall–Kier alpha value is -1.85. The monoisotopic (exact) mass is 247 g/mol. The number of H-pyrrole nitrogens is 2. The van der Waals surface area contributed by atoms with Crippen LogP contribution in [-0.4, -0.2) is 33.0 Å². The number of hydrogen-bond acceptors (Lipinski definition) is 4. The van der Waals surface area contributed by atoms with E-state index in [2.05, 4.69) is 24.8 Å². The zero-order valence-electron chi connectivity index (χ0n) is 10.4.